The van der Waals surface area contributed by atoms with Crippen molar-refractivity contribution in [2.45, 2.75) is 51.7 Å². The van der Waals surface area contributed by atoms with Crippen LogP contribution < -0.4 is 26.0 Å². The maximum Gasteiger partial charge on any atom is 0.329 e. The van der Waals surface area contributed by atoms with Crippen molar-refractivity contribution in [3.05, 3.63) is 103 Å². The van der Waals surface area contributed by atoms with Crippen LogP contribution in [-0.4, -0.2) is 51.2 Å². The molecule has 0 saturated carbocycles. The number of para-hydroxylation sites is 1. The van der Waals surface area contributed by atoms with Gasteiger partial charge in [-0.15, -0.1) is 0 Å². The number of benzene rings is 3. The van der Waals surface area contributed by atoms with Crippen LogP contribution >= 0.6 is 0 Å². The van der Waals surface area contributed by atoms with E-state index in [2.05, 4.69) is 5.32 Å². The van der Waals surface area contributed by atoms with Crippen LogP contribution in [0.25, 0.3) is 33.3 Å². The zero-order valence-electron chi connectivity index (χ0n) is 29.8. The van der Waals surface area contributed by atoms with Crippen LogP contribution in [0.1, 0.15) is 46.7 Å². The van der Waals surface area contributed by atoms with E-state index in [9.17, 15) is 19.2 Å². The van der Waals surface area contributed by atoms with Crippen molar-refractivity contribution in [2.75, 3.05) is 20.8 Å². The Bertz CT molecular complexity index is 2400. The molecule has 2 aliphatic rings. The molecule has 11 nitrogen and oxygen atoms in total. The Balaban J connectivity index is 1.22. The van der Waals surface area contributed by atoms with Gasteiger partial charge in [-0.05, 0) is 66.8 Å². The number of fused-ring (bicyclic) bond motifs is 2. The van der Waals surface area contributed by atoms with E-state index in [-0.39, 0.29) is 43.0 Å². The maximum atomic E-state index is 16.2. The van der Waals surface area contributed by atoms with Gasteiger partial charge in [0.05, 0.1) is 37.4 Å². The van der Waals surface area contributed by atoms with Crippen LogP contribution in [0.15, 0.2) is 64.3 Å². The number of aryl methyl sites for hydroxylation is 2. The lowest BCUT2D eigenvalue weighted by atomic mass is 9.91. The summed E-state index contributed by atoms with van der Waals surface area (Å²) in [5, 5.41) is 2.31. The number of piperidine rings is 1. The number of pyridine rings is 1. The fourth-order valence-corrected chi connectivity index (χ4v) is 7.68. The number of imide groups is 1. The molecule has 4 heterocycles. The lowest BCUT2D eigenvalue weighted by Crippen LogP contribution is -2.44. The molecule has 3 aromatic carbocycles. The molecule has 0 radical (unpaired) electrons. The number of carbonyl (C=O) groups excluding carboxylic acids is 2. The quantitative estimate of drug-likeness (QED) is 0.234. The Morgan fingerprint density at radius 3 is 2.29 bits per heavy atom. The Morgan fingerprint density at radius 1 is 0.904 bits per heavy atom. The molecule has 52 heavy (non-hydrogen) atoms. The van der Waals surface area contributed by atoms with Crippen molar-refractivity contribution in [3.8, 4) is 33.8 Å². The highest BCUT2D eigenvalue weighted by Crippen LogP contribution is 2.43. The third kappa shape index (κ3) is 5.69. The molecule has 13 heteroatoms. The zero-order chi connectivity index (χ0) is 37.2. The van der Waals surface area contributed by atoms with Gasteiger partial charge in [0.25, 0.3) is 11.5 Å². The number of imidazole rings is 1. The van der Waals surface area contributed by atoms with Gasteiger partial charge in [0.15, 0.2) is 0 Å². The SMILES string of the molecule is COc1cc(-c2cn(C)c(=O)c(C)c2C)cc(OC)c1CN1Cc2ccc(-c3cccc4c3n(C)c(=O)n4C3CCC(=O)NC3=O)cc2C(F)(F)C1. The molecule has 1 fully saturated rings. The molecule has 1 unspecified atom stereocenters. The van der Waals surface area contributed by atoms with Crippen molar-refractivity contribution >= 4 is 22.8 Å². The Morgan fingerprint density at radius 2 is 1.62 bits per heavy atom. The average Bonchev–Trinajstić information content (AvgIpc) is 3.37. The number of halogens is 2. The number of amides is 2. The van der Waals surface area contributed by atoms with Gasteiger partial charge in [-0.25, -0.2) is 4.79 Å². The first-order chi connectivity index (χ1) is 24.7. The van der Waals surface area contributed by atoms with Crippen LogP contribution in [0.3, 0.4) is 0 Å². The van der Waals surface area contributed by atoms with Gasteiger partial charge in [-0.1, -0.05) is 24.3 Å². The minimum absolute atomic E-state index is 0.0817. The fourth-order valence-electron chi connectivity index (χ4n) is 7.68. The first-order valence-corrected chi connectivity index (χ1v) is 16.9. The minimum atomic E-state index is -3.22. The van der Waals surface area contributed by atoms with Crippen molar-refractivity contribution in [3.63, 3.8) is 0 Å². The predicted molar refractivity (Wildman–Crippen MR) is 192 cm³/mol. The van der Waals surface area contributed by atoms with Crippen LogP contribution in [0.2, 0.25) is 0 Å². The van der Waals surface area contributed by atoms with Crippen LogP contribution in [-0.2, 0) is 42.7 Å². The first-order valence-electron chi connectivity index (χ1n) is 16.9. The van der Waals surface area contributed by atoms with Gasteiger partial charge in [0.2, 0.25) is 11.8 Å². The van der Waals surface area contributed by atoms with Gasteiger partial charge in [-0.3, -0.25) is 33.7 Å². The van der Waals surface area contributed by atoms with Gasteiger partial charge >= 0.3 is 5.69 Å². The monoisotopic (exact) mass is 711 g/mol. The molecule has 0 bridgehead atoms. The van der Waals surface area contributed by atoms with Crippen molar-refractivity contribution in [2.24, 2.45) is 14.1 Å². The maximum absolute atomic E-state index is 16.2. The molecule has 2 aromatic heterocycles. The predicted octanol–water partition coefficient (Wildman–Crippen LogP) is 5.09. The highest BCUT2D eigenvalue weighted by Gasteiger charge is 2.41. The second kappa shape index (κ2) is 12.9. The molecule has 0 spiro atoms. The molecule has 0 aliphatic carbocycles. The summed E-state index contributed by atoms with van der Waals surface area (Å²) < 4.78 is 48.2. The third-order valence-corrected chi connectivity index (χ3v) is 10.5. The van der Waals surface area contributed by atoms with E-state index in [1.54, 1.807) is 62.4 Å². The summed E-state index contributed by atoms with van der Waals surface area (Å²) in [5.41, 5.74) is 5.61. The van der Waals surface area contributed by atoms with Gasteiger partial charge < -0.3 is 14.0 Å². The zero-order valence-corrected chi connectivity index (χ0v) is 29.8. The molecule has 2 aliphatic heterocycles. The Hall–Kier alpha value is -5.56. The molecular formula is C39H39F2N5O6. The number of methoxy groups -OCH3 is 2. The van der Waals surface area contributed by atoms with E-state index in [1.165, 1.54) is 34.0 Å². The van der Waals surface area contributed by atoms with Crippen molar-refractivity contribution in [1.82, 2.24) is 23.9 Å². The lowest BCUT2D eigenvalue weighted by molar-refractivity contribution is -0.135. The smallest absolute Gasteiger partial charge is 0.329 e. The average molecular weight is 712 g/mol. The molecule has 1 saturated heterocycles. The number of carbonyl (C=O) groups is 2. The topological polar surface area (TPSA) is 117 Å². The number of hydrogen-bond acceptors (Lipinski definition) is 7. The second-order valence-corrected chi connectivity index (χ2v) is 13.6. The Kier molecular flexibility index (Phi) is 8.64. The summed E-state index contributed by atoms with van der Waals surface area (Å²) in [6.07, 6.45) is 2.06. The normalized spacial score (nSPS) is 17.3. The summed E-state index contributed by atoms with van der Waals surface area (Å²) in [7, 11) is 6.33. The number of rotatable bonds is 7. The highest BCUT2D eigenvalue weighted by atomic mass is 19.3. The minimum Gasteiger partial charge on any atom is -0.496 e. The third-order valence-electron chi connectivity index (χ3n) is 10.5. The van der Waals surface area contributed by atoms with Crippen LogP contribution in [0, 0.1) is 13.8 Å². The molecule has 7 rings (SSSR count). The summed E-state index contributed by atoms with van der Waals surface area (Å²) in [6.45, 7) is 3.49. The molecule has 1 atom stereocenters. The van der Waals surface area contributed by atoms with Gasteiger partial charge in [0.1, 0.15) is 17.5 Å². The lowest BCUT2D eigenvalue weighted by Gasteiger charge is -2.35. The van der Waals surface area contributed by atoms with E-state index >= 15 is 8.78 Å². The van der Waals surface area contributed by atoms with Crippen LogP contribution in [0.4, 0.5) is 8.78 Å². The number of ether oxygens (including phenoxy) is 2. The van der Waals surface area contributed by atoms with E-state index in [0.717, 1.165) is 16.7 Å². The van der Waals surface area contributed by atoms with E-state index in [1.807, 2.05) is 19.1 Å². The summed E-state index contributed by atoms with van der Waals surface area (Å²) >= 11 is 0. The van der Waals surface area contributed by atoms with E-state index < -0.39 is 30.1 Å². The number of aromatic nitrogens is 3. The standard InChI is InChI=1S/C39H39F2N5O6/c1-21-22(2)37(49)43(3)18-27(21)25-15-32(51-5)28(33(16-25)52-6)19-45-17-24-11-10-23(14-29(24)39(40,41)20-45)26-8-7-9-30-35(26)44(4)38(50)46(30)31-12-13-34(47)42-36(31)48/h7-11,14-16,18,31H,12-13,17,19-20H2,1-6H3,(H,42,47,48). The molecule has 270 valence electrons. The van der Waals surface area contributed by atoms with Gasteiger partial charge in [0, 0.05) is 62.1 Å². The molecule has 5 aromatic rings. The number of hydrogen-bond donors (Lipinski definition) is 1. The summed E-state index contributed by atoms with van der Waals surface area (Å²) in [6, 6.07) is 13.0. The van der Waals surface area contributed by atoms with Crippen molar-refractivity contribution < 1.29 is 27.8 Å². The molecular weight excluding hydrogens is 672 g/mol. The fraction of sp³-hybridized carbons (Fsp3) is 0.333. The largest absolute Gasteiger partial charge is 0.496 e. The highest BCUT2D eigenvalue weighted by molar-refractivity contribution is 6.01. The van der Waals surface area contributed by atoms with E-state index in [4.69, 9.17) is 9.47 Å². The van der Waals surface area contributed by atoms with Crippen molar-refractivity contribution in [1.29, 1.82) is 0 Å². The first kappa shape index (κ1) is 34.9. The second-order valence-electron chi connectivity index (χ2n) is 13.6. The Labute approximate surface area is 298 Å². The van der Waals surface area contributed by atoms with Crippen LogP contribution in [0.5, 0.6) is 11.5 Å². The summed E-state index contributed by atoms with van der Waals surface area (Å²) in [5.74, 6) is -3.19. The molecule has 1 N–H and O–H groups in total. The number of nitrogens with zero attached hydrogens (tertiary/aromatic N) is 4. The number of nitrogens with one attached hydrogen (secondary N) is 1. The van der Waals surface area contributed by atoms with Gasteiger partial charge in [-0.2, -0.15) is 8.78 Å². The molecule has 2 amide bonds. The number of alkyl halides is 2. The van der Waals surface area contributed by atoms with E-state index in [0.29, 0.717) is 50.3 Å². The summed E-state index contributed by atoms with van der Waals surface area (Å²) in [4.78, 5) is 52.1.